The number of H-pyrrole nitrogens is 1. The molecule has 138 valence electrons. The van der Waals surface area contributed by atoms with Gasteiger partial charge >= 0.3 is 0 Å². The van der Waals surface area contributed by atoms with Crippen molar-refractivity contribution < 1.29 is 8.42 Å². The molecule has 2 unspecified atom stereocenters. The normalized spacial score (nSPS) is 14.7. The van der Waals surface area contributed by atoms with E-state index in [-0.39, 0.29) is 17.0 Å². The molecular weight excluding hydrogens is 368 g/mol. The van der Waals surface area contributed by atoms with Crippen LogP contribution in [0.25, 0.3) is 10.9 Å². The number of rotatable bonds is 6. The molecule has 0 amide bonds. The molecule has 0 aliphatic heterocycles. The van der Waals surface area contributed by atoms with Gasteiger partial charge in [0.05, 0.1) is 10.9 Å². The Morgan fingerprint density at radius 2 is 1.73 bits per heavy atom. The Kier molecular flexibility index (Phi) is 5.42. The van der Waals surface area contributed by atoms with E-state index in [1.807, 2.05) is 51.1 Å². The topological polar surface area (TPSA) is 53.2 Å². The number of nitrogens with zero attached hydrogens (tertiary/aromatic N) is 1. The molecule has 1 aromatic heterocycles. The molecule has 0 aliphatic carbocycles. The molecular formula is C20H23ClN2O2S. The number of aromatic nitrogens is 1. The minimum absolute atomic E-state index is 0.142. The summed E-state index contributed by atoms with van der Waals surface area (Å²) in [5.74, 6) is 0. The van der Waals surface area contributed by atoms with Gasteiger partial charge in [-0.2, -0.15) is 4.31 Å². The highest BCUT2D eigenvalue weighted by Gasteiger charge is 2.34. The van der Waals surface area contributed by atoms with Crippen molar-refractivity contribution in [2.75, 3.05) is 0 Å². The Balaban J connectivity index is 2.06. The summed E-state index contributed by atoms with van der Waals surface area (Å²) in [6.45, 7) is 5.85. The molecule has 1 heterocycles. The predicted octanol–water partition coefficient (Wildman–Crippen LogP) is 5.37. The standard InChI is InChI=1S/C20H23ClN2O2S/c1-4-14(2)23(26(24,25)18-11-9-17(21)10-12-18)15(3)20-13-16-7-5-6-8-19(16)22-20/h5-15,22H,4H2,1-3H3. The van der Waals surface area contributed by atoms with Crippen molar-refractivity contribution in [3.05, 3.63) is 65.3 Å². The third-order valence-corrected chi connectivity index (χ3v) is 7.15. The molecule has 0 saturated heterocycles. The van der Waals surface area contributed by atoms with Crippen molar-refractivity contribution >= 4 is 32.5 Å². The fourth-order valence-corrected chi connectivity index (χ4v) is 5.20. The zero-order valence-corrected chi connectivity index (χ0v) is 16.7. The average Bonchev–Trinajstić information content (AvgIpc) is 3.06. The van der Waals surface area contributed by atoms with Crippen LogP contribution in [0.2, 0.25) is 5.02 Å². The number of benzene rings is 2. The molecule has 0 aliphatic rings. The molecule has 3 aromatic rings. The van der Waals surface area contributed by atoms with Crippen LogP contribution in [-0.2, 0) is 10.0 Å². The first-order chi connectivity index (χ1) is 12.3. The third-order valence-electron chi connectivity index (χ3n) is 4.80. The lowest BCUT2D eigenvalue weighted by molar-refractivity contribution is 0.268. The van der Waals surface area contributed by atoms with E-state index in [4.69, 9.17) is 11.6 Å². The quantitative estimate of drug-likeness (QED) is 0.614. The molecule has 3 rings (SSSR count). The zero-order chi connectivity index (χ0) is 18.9. The van der Waals surface area contributed by atoms with Crippen LogP contribution in [0.3, 0.4) is 0 Å². The van der Waals surface area contributed by atoms with Gasteiger partial charge in [0.1, 0.15) is 0 Å². The number of hydrogen-bond donors (Lipinski definition) is 1. The summed E-state index contributed by atoms with van der Waals surface area (Å²) in [4.78, 5) is 3.62. The second-order valence-electron chi connectivity index (χ2n) is 6.53. The van der Waals surface area contributed by atoms with E-state index >= 15 is 0 Å². The second kappa shape index (κ2) is 7.43. The predicted molar refractivity (Wildman–Crippen MR) is 107 cm³/mol. The summed E-state index contributed by atoms with van der Waals surface area (Å²) >= 11 is 5.92. The van der Waals surface area contributed by atoms with Gasteiger partial charge < -0.3 is 4.98 Å². The lowest BCUT2D eigenvalue weighted by Crippen LogP contribution is -2.40. The monoisotopic (exact) mass is 390 g/mol. The van der Waals surface area contributed by atoms with Crippen LogP contribution < -0.4 is 0 Å². The molecule has 2 aromatic carbocycles. The van der Waals surface area contributed by atoms with Crippen molar-refractivity contribution in [3.8, 4) is 0 Å². The largest absolute Gasteiger partial charge is 0.357 e. The van der Waals surface area contributed by atoms with Crippen LogP contribution >= 0.6 is 11.6 Å². The van der Waals surface area contributed by atoms with Crippen molar-refractivity contribution in [1.82, 2.24) is 9.29 Å². The van der Waals surface area contributed by atoms with Crippen molar-refractivity contribution in [2.24, 2.45) is 0 Å². The third kappa shape index (κ3) is 3.52. The van der Waals surface area contributed by atoms with Gasteiger partial charge in [0.25, 0.3) is 0 Å². The number of sulfonamides is 1. The van der Waals surface area contributed by atoms with E-state index < -0.39 is 10.0 Å². The van der Waals surface area contributed by atoms with Gasteiger partial charge in [0, 0.05) is 22.3 Å². The average molecular weight is 391 g/mol. The lowest BCUT2D eigenvalue weighted by Gasteiger charge is -2.32. The Morgan fingerprint density at radius 1 is 1.08 bits per heavy atom. The van der Waals surface area contributed by atoms with E-state index in [0.717, 1.165) is 23.0 Å². The highest BCUT2D eigenvalue weighted by atomic mass is 35.5. The van der Waals surface area contributed by atoms with E-state index in [0.29, 0.717) is 5.02 Å². The highest BCUT2D eigenvalue weighted by Crippen LogP contribution is 2.32. The lowest BCUT2D eigenvalue weighted by atomic mass is 10.1. The molecule has 0 bridgehead atoms. The number of hydrogen-bond acceptors (Lipinski definition) is 2. The molecule has 0 fully saturated rings. The van der Waals surface area contributed by atoms with Crippen LogP contribution in [0, 0.1) is 0 Å². The van der Waals surface area contributed by atoms with Crippen molar-refractivity contribution in [1.29, 1.82) is 0 Å². The summed E-state index contributed by atoms with van der Waals surface area (Å²) in [5.41, 5.74) is 1.88. The minimum atomic E-state index is -3.66. The van der Waals surface area contributed by atoms with Gasteiger partial charge in [0.2, 0.25) is 10.0 Å². The number of halogens is 1. The van der Waals surface area contributed by atoms with Crippen molar-refractivity contribution in [3.63, 3.8) is 0 Å². The van der Waals surface area contributed by atoms with E-state index in [9.17, 15) is 8.42 Å². The molecule has 1 N–H and O–H groups in total. The Hall–Kier alpha value is -1.82. The van der Waals surface area contributed by atoms with Crippen LogP contribution in [0.1, 0.15) is 38.9 Å². The smallest absolute Gasteiger partial charge is 0.243 e. The van der Waals surface area contributed by atoms with E-state index in [1.165, 1.54) is 0 Å². The number of nitrogens with one attached hydrogen (secondary N) is 1. The second-order valence-corrected chi connectivity index (χ2v) is 8.81. The first kappa shape index (κ1) is 19.0. The molecule has 2 atom stereocenters. The minimum Gasteiger partial charge on any atom is -0.357 e. The van der Waals surface area contributed by atoms with Gasteiger partial charge in [-0.05, 0) is 62.1 Å². The molecule has 0 spiro atoms. The van der Waals surface area contributed by atoms with Crippen LogP contribution in [0.15, 0.2) is 59.5 Å². The molecule has 0 radical (unpaired) electrons. The summed E-state index contributed by atoms with van der Waals surface area (Å²) in [6, 6.07) is 15.8. The number of para-hydroxylation sites is 1. The first-order valence-electron chi connectivity index (χ1n) is 8.71. The van der Waals surface area contributed by atoms with E-state index in [1.54, 1.807) is 28.6 Å². The summed E-state index contributed by atoms with van der Waals surface area (Å²) in [6.07, 6.45) is 0.720. The van der Waals surface area contributed by atoms with Gasteiger partial charge in [-0.1, -0.05) is 36.7 Å². The maximum Gasteiger partial charge on any atom is 0.243 e. The summed E-state index contributed by atoms with van der Waals surface area (Å²) in [7, 11) is -3.66. The van der Waals surface area contributed by atoms with Gasteiger partial charge in [0.15, 0.2) is 0 Å². The maximum absolute atomic E-state index is 13.3. The fraction of sp³-hybridized carbons (Fsp3) is 0.300. The first-order valence-corrected chi connectivity index (χ1v) is 10.5. The number of aromatic amines is 1. The SMILES string of the molecule is CCC(C)N(C(C)c1cc2ccccc2[nH]1)S(=O)(=O)c1ccc(Cl)cc1. The Labute approximate surface area is 159 Å². The highest BCUT2D eigenvalue weighted by molar-refractivity contribution is 7.89. The molecule has 4 nitrogen and oxygen atoms in total. The van der Waals surface area contributed by atoms with Gasteiger partial charge in [-0.25, -0.2) is 8.42 Å². The van der Waals surface area contributed by atoms with Crippen LogP contribution in [-0.4, -0.2) is 23.7 Å². The van der Waals surface area contributed by atoms with Crippen LogP contribution in [0.5, 0.6) is 0 Å². The fourth-order valence-electron chi connectivity index (χ4n) is 3.19. The van der Waals surface area contributed by atoms with E-state index in [2.05, 4.69) is 4.98 Å². The zero-order valence-electron chi connectivity index (χ0n) is 15.1. The van der Waals surface area contributed by atoms with Crippen LogP contribution in [0.4, 0.5) is 0 Å². The number of fused-ring (bicyclic) bond motifs is 1. The van der Waals surface area contributed by atoms with Gasteiger partial charge in [-0.15, -0.1) is 0 Å². The van der Waals surface area contributed by atoms with Crippen molar-refractivity contribution in [2.45, 2.75) is 44.2 Å². The molecule has 26 heavy (non-hydrogen) atoms. The molecule has 0 saturated carbocycles. The summed E-state index contributed by atoms with van der Waals surface area (Å²) < 4.78 is 28.3. The summed E-state index contributed by atoms with van der Waals surface area (Å²) in [5, 5.41) is 1.59. The molecule has 6 heteroatoms. The Morgan fingerprint density at radius 3 is 2.35 bits per heavy atom. The van der Waals surface area contributed by atoms with Gasteiger partial charge in [-0.3, -0.25) is 0 Å². The maximum atomic E-state index is 13.3. The Bertz CT molecular complexity index is 963.